The summed E-state index contributed by atoms with van der Waals surface area (Å²) >= 11 is 0. The number of carboxylic acids is 1. The van der Waals surface area contributed by atoms with E-state index in [9.17, 15) is 19.0 Å². The summed E-state index contributed by atoms with van der Waals surface area (Å²) in [6.45, 7) is -0.526. The van der Waals surface area contributed by atoms with Crippen molar-refractivity contribution in [1.29, 1.82) is 0 Å². The van der Waals surface area contributed by atoms with Gasteiger partial charge in [0.15, 0.2) is 0 Å². The van der Waals surface area contributed by atoms with Gasteiger partial charge in [0.1, 0.15) is 25.9 Å². The standard InChI is InChI=1S/C11H21O10P.Fm/c1-17-11(14)7-19-3-5-21-9-22(15,16)8-20-4-2-18-6-10(12)13;/h2-9H2,1H3,(H,12,13)(H,15,16);. The van der Waals surface area contributed by atoms with Crippen LogP contribution in [-0.2, 0) is 37.8 Å². The number of ether oxygens (including phenoxy) is 5. The number of carbonyl (C=O) groups is 2. The molecule has 0 radical (unpaired) electrons. The van der Waals surface area contributed by atoms with E-state index >= 15 is 0 Å². The molecular formula is C11H21FmO10P. The first kappa shape index (κ1) is 23.2. The molecule has 0 heterocycles. The summed E-state index contributed by atoms with van der Waals surface area (Å²) in [6, 6.07) is 0. The maximum atomic E-state index is 11.6. The Bertz CT molecular complexity index is 378. The summed E-state index contributed by atoms with van der Waals surface area (Å²) in [4.78, 5) is 30.3. The summed E-state index contributed by atoms with van der Waals surface area (Å²) in [7, 11) is -2.36. The number of hydrogen-bond donors (Lipinski definition) is 2. The molecule has 0 fully saturated rings. The molecule has 2 N–H and O–H groups in total. The van der Waals surface area contributed by atoms with Crippen LogP contribution in [0.25, 0.3) is 0 Å². The fraction of sp³-hybridized carbons (Fsp3) is 0.818. The van der Waals surface area contributed by atoms with Gasteiger partial charge < -0.3 is 33.7 Å². The minimum Gasteiger partial charge on any atom is -0.480 e. The molecule has 0 aliphatic carbocycles. The van der Waals surface area contributed by atoms with Gasteiger partial charge in [-0.05, 0) is 0 Å². The molecule has 23 heavy (non-hydrogen) atoms. The molecule has 0 aliphatic heterocycles. The van der Waals surface area contributed by atoms with Crippen molar-refractivity contribution in [1.82, 2.24) is 0 Å². The van der Waals surface area contributed by atoms with Crippen LogP contribution < -0.4 is 0 Å². The topological polar surface area (TPSA) is 138 Å². The van der Waals surface area contributed by atoms with Gasteiger partial charge in [-0.1, -0.05) is 0 Å². The molecule has 1 atom stereocenters. The maximum absolute atomic E-state index is 11.6. The SMILES string of the molecule is COC(=O)COCCOCP(=O)(O)COCCOCC(=O)O.[Fm]. The zero-order valence-corrected chi connectivity index (χ0v) is 15.9. The molecule has 0 aromatic carbocycles. The summed E-state index contributed by atoms with van der Waals surface area (Å²) in [5.41, 5.74) is 0. The predicted octanol–water partition coefficient (Wildman–Crippen LogP) is -0.504. The molecule has 0 saturated carbocycles. The van der Waals surface area contributed by atoms with E-state index in [1.165, 1.54) is 7.11 Å². The van der Waals surface area contributed by atoms with Gasteiger partial charge >= 0.3 is 11.9 Å². The van der Waals surface area contributed by atoms with Crippen molar-refractivity contribution < 1.29 is 47.8 Å². The Hall–Kier alpha value is -2.03. The first-order valence-electron chi connectivity index (χ1n) is 6.28. The van der Waals surface area contributed by atoms with Crippen LogP contribution in [0, 0.1) is 0 Å². The van der Waals surface area contributed by atoms with Gasteiger partial charge in [0.05, 0.1) is 33.5 Å². The molecule has 0 bridgehead atoms. The largest absolute Gasteiger partial charge is 0.480 e. The van der Waals surface area contributed by atoms with E-state index in [0.29, 0.717) is 0 Å². The number of carbonyl (C=O) groups excluding carboxylic acids is 1. The summed E-state index contributed by atoms with van der Waals surface area (Å²) in [5, 5.41) is 8.30. The fourth-order valence-electron chi connectivity index (χ4n) is 1.06. The van der Waals surface area contributed by atoms with E-state index < -0.39 is 38.6 Å². The van der Waals surface area contributed by atoms with Crippen LogP contribution >= 0.6 is 7.37 Å². The normalized spacial score (nSPS) is 13.0. The van der Waals surface area contributed by atoms with Gasteiger partial charge in [-0.2, -0.15) is 0 Å². The number of esters is 1. The molecule has 0 spiro atoms. The number of rotatable bonds is 14. The minimum absolute atomic E-state index is 0. The molecule has 10 nitrogen and oxygen atoms in total. The third-order valence-electron chi connectivity index (χ3n) is 2.00. The monoisotopic (exact) mass is 601 g/mol. The maximum Gasteiger partial charge on any atom is 0.331 e. The van der Waals surface area contributed by atoms with Crippen LogP contribution in [-0.4, -0.2) is 81.4 Å². The molecule has 0 amide bonds. The molecule has 0 aromatic rings. The van der Waals surface area contributed by atoms with Crippen LogP contribution in [0.3, 0.4) is 0 Å². The van der Waals surface area contributed by atoms with E-state index in [2.05, 4.69) is 9.47 Å². The van der Waals surface area contributed by atoms with Crippen molar-refractivity contribution in [3.63, 3.8) is 0 Å². The first-order valence-corrected chi connectivity index (χ1v) is 8.31. The van der Waals surface area contributed by atoms with Crippen LogP contribution in [0.2, 0.25) is 0 Å². The number of hydrogen-bond acceptors (Lipinski definition) is 8. The molecule has 142 valence electrons. The minimum atomic E-state index is -3.60. The average molecular weight is 601 g/mol. The summed E-state index contributed by atoms with van der Waals surface area (Å²) in [5.74, 6) is -1.62. The Morgan fingerprint density at radius 2 is 1.35 bits per heavy atom. The Balaban J connectivity index is 0. The molecule has 1 unspecified atom stereocenters. The van der Waals surface area contributed by atoms with Crippen LogP contribution in [0.5, 0.6) is 0 Å². The fourth-order valence-corrected chi connectivity index (χ4v) is 1.96. The average Bonchev–Trinajstić information content (AvgIpc) is 2.45. The van der Waals surface area contributed by atoms with Crippen molar-refractivity contribution in [2.45, 2.75) is 0 Å². The van der Waals surface area contributed by atoms with Gasteiger partial charge in [0.25, 0.3) is 0 Å². The molecule has 0 aliphatic rings. The number of carboxylic acid groups (broad SMARTS) is 1. The van der Waals surface area contributed by atoms with E-state index in [1.54, 1.807) is 0 Å². The third kappa shape index (κ3) is 16.2. The van der Waals surface area contributed by atoms with Crippen molar-refractivity contribution in [3.8, 4) is 0 Å². The van der Waals surface area contributed by atoms with Gasteiger partial charge in [-0.15, -0.1) is 0 Å². The molecule has 0 rings (SSSR count). The molecule has 12 heteroatoms. The zero-order chi connectivity index (χ0) is 16.8. The van der Waals surface area contributed by atoms with E-state index in [0.717, 1.165) is 0 Å². The van der Waals surface area contributed by atoms with Crippen molar-refractivity contribution in [2.75, 3.05) is 59.4 Å². The third-order valence-corrected chi connectivity index (χ3v) is 3.18. The summed E-state index contributed by atoms with van der Waals surface area (Å²) in [6.07, 6.45) is -0.836. The molecular weight excluding hydrogens is 580 g/mol. The van der Waals surface area contributed by atoms with E-state index in [4.69, 9.17) is 19.3 Å². The van der Waals surface area contributed by atoms with Crippen molar-refractivity contribution >= 4 is 19.3 Å². The van der Waals surface area contributed by atoms with Gasteiger partial charge in [0, 0.05) is 0 Å². The van der Waals surface area contributed by atoms with Gasteiger partial charge in [-0.3, -0.25) is 4.57 Å². The van der Waals surface area contributed by atoms with E-state index in [-0.39, 0.29) is 33.0 Å². The van der Waals surface area contributed by atoms with Crippen LogP contribution in [0.4, 0.5) is 0 Å². The second-order valence-corrected chi connectivity index (χ2v) is 6.21. The number of aliphatic carboxylic acids is 1. The first-order chi connectivity index (χ1) is 10.4. The van der Waals surface area contributed by atoms with E-state index in [1.807, 2.05) is 0 Å². The zero-order valence-electron chi connectivity index (χ0n) is 12.6. The Labute approximate surface area is 127 Å². The molecule has 0 saturated heterocycles. The number of methoxy groups -OCH3 is 1. The Kier molecular flexibility index (Phi) is 13.8. The van der Waals surface area contributed by atoms with Crippen molar-refractivity contribution in [2.24, 2.45) is 0 Å². The Morgan fingerprint density at radius 3 is 1.78 bits per heavy atom. The Morgan fingerprint density at radius 1 is 0.913 bits per heavy atom. The van der Waals surface area contributed by atoms with Gasteiger partial charge in [-0.25, -0.2) is 9.59 Å². The summed E-state index contributed by atoms with van der Waals surface area (Å²) < 4.78 is 35.4. The van der Waals surface area contributed by atoms with Crippen LogP contribution in [0.1, 0.15) is 0 Å². The second-order valence-electron chi connectivity index (χ2n) is 4.00. The smallest absolute Gasteiger partial charge is 0.331 e. The molecule has 0 aromatic heterocycles. The quantitative estimate of drug-likeness (QED) is 0.152. The van der Waals surface area contributed by atoms with Crippen LogP contribution in [0.15, 0.2) is 0 Å². The van der Waals surface area contributed by atoms with Crippen molar-refractivity contribution in [3.05, 3.63) is 0 Å². The predicted molar refractivity (Wildman–Crippen MR) is 72.8 cm³/mol. The second kappa shape index (κ2) is 13.6. The van der Waals surface area contributed by atoms with Gasteiger partial charge in [0.2, 0.25) is 7.37 Å².